The van der Waals surface area contributed by atoms with Crippen LogP contribution >= 0.6 is 11.6 Å². The molecule has 90 valence electrons. The highest BCUT2D eigenvalue weighted by atomic mass is 35.5. The standard InChI is InChI=1S/C11H15ClO4/c1-3-15-9(13)11(10(14)16-4-2)6-5-8(12)7-11/h5H,3-4,6-7H2,1-2H3. The maximum Gasteiger partial charge on any atom is 0.324 e. The fraction of sp³-hybridized carbons (Fsp3) is 0.636. The van der Waals surface area contributed by atoms with Crippen molar-refractivity contribution in [2.75, 3.05) is 13.2 Å². The van der Waals surface area contributed by atoms with Crippen molar-refractivity contribution in [2.24, 2.45) is 5.41 Å². The van der Waals surface area contributed by atoms with Gasteiger partial charge >= 0.3 is 11.9 Å². The normalized spacial score (nSPS) is 17.8. The van der Waals surface area contributed by atoms with Crippen LogP contribution in [0.25, 0.3) is 0 Å². The highest BCUT2D eigenvalue weighted by Gasteiger charge is 2.51. The Morgan fingerprint density at radius 3 is 2.12 bits per heavy atom. The van der Waals surface area contributed by atoms with Crippen LogP contribution in [0.3, 0.4) is 0 Å². The van der Waals surface area contributed by atoms with E-state index in [2.05, 4.69) is 0 Å². The van der Waals surface area contributed by atoms with E-state index in [0.717, 1.165) is 0 Å². The predicted octanol–water partition coefficient (Wildman–Crippen LogP) is 2.02. The van der Waals surface area contributed by atoms with Gasteiger partial charge in [0.15, 0.2) is 5.41 Å². The van der Waals surface area contributed by atoms with Crippen LogP contribution < -0.4 is 0 Å². The molecule has 0 fully saturated rings. The topological polar surface area (TPSA) is 52.6 Å². The second-order valence-corrected chi connectivity index (χ2v) is 4.04. The number of rotatable bonds is 4. The van der Waals surface area contributed by atoms with Crippen molar-refractivity contribution in [2.45, 2.75) is 26.7 Å². The summed E-state index contributed by atoms with van der Waals surface area (Å²) in [7, 11) is 0. The summed E-state index contributed by atoms with van der Waals surface area (Å²) in [4.78, 5) is 23.6. The van der Waals surface area contributed by atoms with Gasteiger partial charge in [-0.1, -0.05) is 17.7 Å². The van der Waals surface area contributed by atoms with E-state index in [1.165, 1.54) is 0 Å². The molecule has 1 aliphatic rings. The first kappa shape index (κ1) is 13.0. The summed E-state index contributed by atoms with van der Waals surface area (Å²) in [6, 6.07) is 0. The van der Waals surface area contributed by atoms with Crippen molar-refractivity contribution in [3.63, 3.8) is 0 Å². The third-order valence-corrected chi connectivity index (χ3v) is 2.76. The van der Waals surface area contributed by atoms with Crippen LogP contribution in [0.15, 0.2) is 11.1 Å². The third-order valence-electron chi connectivity index (χ3n) is 2.48. The molecular formula is C11H15ClO4. The molecule has 0 aromatic heterocycles. The molecule has 0 saturated carbocycles. The summed E-state index contributed by atoms with van der Waals surface area (Å²) < 4.78 is 9.83. The Morgan fingerprint density at radius 1 is 1.31 bits per heavy atom. The van der Waals surface area contributed by atoms with E-state index in [9.17, 15) is 9.59 Å². The van der Waals surface area contributed by atoms with Crippen LogP contribution in [-0.4, -0.2) is 25.2 Å². The Morgan fingerprint density at radius 2 is 1.81 bits per heavy atom. The van der Waals surface area contributed by atoms with Crippen LogP contribution in [0.1, 0.15) is 26.7 Å². The van der Waals surface area contributed by atoms with Gasteiger partial charge in [0, 0.05) is 11.5 Å². The Hall–Kier alpha value is -1.03. The summed E-state index contributed by atoms with van der Waals surface area (Å²) >= 11 is 5.83. The molecule has 5 heteroatoms. The minimum atomic E-state index is -1.26. The maximum absolute atomic E-state index is 11.8. The Kier molecular flexibility index (Phi) is 4.35. The average molecular weight is 247 g/mol. The molecule has 16 heavy (non-hydrogen) atoms. The van der Waals surface area contributed by atoms with Gasteiger partial charge < -0.3 is 9.47 Å². The Labute approximate surface area is 99.5 Å². The molecule has 0 saturated heterocycles. The third kappa shape index (κ3) is 2.38. The summed E-state index contributed by atoms with van der Waals surface area (Å²) in [6.45, 7) is 3.86. The van der Waals surface area contributed by atoms with E-state index in [-0.39, 0.29) is 26.1 Å². The minimum absolute atomic E-state index is 0.173. The lowest BCUT2D eigenvalue weighted by atomic mass is 9.85. The summed E-state index contributed by atoms with van der Waals surface area (Å²) in [5.41, 5.74) is -1.26. The zero-order chi connectivity index (χ0) is 12.2. The van der Waals surface area contributed by atoms with Crippen molar-refractivity contribution >= 4 is 23.5 Å². The molecule has 0 spiro atoms. The quantitative estimate of drug-likeness (QED) is 0.563. The van der Waals surface area contributed by atoms with Crippen LogP contribution in [0, 0.1) is 5.41 Å². The number of halogens is 1. The zero-order valence-corrected chi connectivity index (χ0v) is 10.2. The summed E-state index contributed by atoms with van der Waals surface area (Å²) in [6.07, 6.45) is 2.09. The SMILES string of the molecule is CCOC(=O)C1(C(=O)OCC)CC=C(Cl)C1. The summed E-state index contributed by atoms with van der Waals surface area (Å²) in [5.74, 6) is -1.11. The molecule has 0 bridgehead atoms. The number of carbonyl (C=O) groups is 2. The molecule has 0 atom stereocenters. The van der Waals surface area contributed by atoms with Gasteiger partial charge in [0.25, 0.3) is 0 Å². The van der Waals surface area contributed by atoms with Crippen LogP contribution in [0.4, 0.5) is 0 Å². The Bertz CT molecular complexity index is 304. The first-order valence-corrected chi connectivity index (χ1v) is 5.63. The Balaban J connectivity index is 2.87. The van der Waals surface area contributed by atoms with Crippen LogP contribution in [0.2, 0.25) is 0 Å². The molecule has 0 N–H and O–H groups in total. The summed E-state index contributed by atoms with van der Waals surface area (Å²) in [5, 5.41) is 0.501. The van der Waals surface area contributed by atoms with E-state index in [0.29, 0.717) is 5.03 Å². The molecule has 0 aliphatic heterocycles. The van der Waals surface area contributed by atoms with Gasteiger partial charge in [0.05, 0.1) is 13.2 Å². The molecule has 0 aromatic rings. The molecule has 1 rings (SSSR count). The van der Waals surface area contributed by atoms with Crippen molar-refractivity contribution in [1.29, 1.82) is 0 Å². The minimum Gasteiger partial charge on any atom is -0.465 e. The molecule has 0 radical (unpaired) electrons. The number of hydrogen-bond acceptors (Lipinski definition) is 4. The lowest BCUT2D eigenvalue weighted by Gasteiger charge is -2.23. The second-order valence-electron chi connectivity index (χ2n) is 3.55. The lowest BCUT2D eigenvalue weighted by molar-refractivity contribution is -0.171. The molecule has 4 nitrogen and oxygen atoms in total. The molecular weight excluding hydrogens is 232 g/mol. The van der Waals surface area contributed by atoms with Crippen molar-refractivity contribution in [1.82, 2.24) is 0 Å². The molecule has 0 amide bonds. The van der Waals surface area contributed by atoms with E-state index in [1.807, 2.05) is 0 Å². The highest BCUT2D eigenvalue weighted by Crippen LogP contribution is 2.41. The van der Waals surface area contributed by atoms with Gasteiger partial charge in [-0.15, -0.1) is 0 Å². The van der Waals surface area contributed by atoms with Crippen molar-refractivity contribution in [3.8, 4) is 0 Å². The fourth-order valence-electron chi connectivity index (χ4n) is 1.65. The molecule has 0 aromatic carbocycles. The predicted molar refractivity (Wildman–Crippen MR) is 58.9 cm³/mol. The highest BCUT2D eigenvalue weighted by molar-refractivity contribution is 6.30. The van der Waals surface area contributed by atoms with E-state index in [1.54, 1.807) is 19.9 Å². The van der Waals surface area contributed by atoms with E-state index >= 15 is 0 Å². The number of hydrogen-bond donors (Lipinski definition) is 0. The average Bonchev–Trinajstić information content (AvgIpc) is 2.63. The monoisotopic (exact) mass is 246 g/mol. The largest absolute Gasteiger partial charge is 0.465 e. The van der Waals surface area contributed by atoms with E-state index in [4.69, 9.17) is 21.1 Å². The van der Waals surface area contributed by atoms with Gasteiger partial charge in [-0.05, 0) is 20.3 Å². The van der Waals surface area contributed by atoms with Gasteiger partial charge in [-0.3, -0.25) is 9.59 Å². The first-order chi connectivity index (χ1) is 7.56. The van der Waals surface area contributed by atoms with Gasteiger partial charge in [-0.25, -0.2) is 0 Å². The number of allylic oxidation sites excluding steroid dienone is 2. The van der Waals surface area contributed by atoms with Gasteiger partial charge in [0.1, 0.15) is 0 Å². The van der Waals surface area contributed by atoms with Crippen LogP contribution in [-0.2, 0) is 19.1 Å². The first-order valence-electron chi connectivity index (χ1n) is 5.25. The van der Waals surface area contributed by atoms with Gasteiger partial charge in [-0.2, -0.15) is 0 Å². The zero-order valence-electron chi connectivity index (χ0n) is 9.42. The second kappa shape index (κ2) is 5.34. The lowest BCUT2D eigenvalue weighted by Crippen LogP contribution is -2.40. The number of carbonyl (C=O) groups excluding carboxylic acids is 2. The van der Waals surface area contributed by atoms with Crippen molar-refractivity contribution < 1.29 is 19.1 Å². The molecule has 0 unspecified atom stereocenters. The fourth-order valence-corrected chi connectivity index (χ4v) is 1.96. The molecule has 1 aliphatic carbocycles. The van der Waals surface area contributed by atoms with Crippen LogP contribution in [0.5, 0.6) is 0 Å². The maximum atomic E-state index is 11.8. The molecule has 0 heterocycles. The van der Waals surface area contributed by atoms with E-state index < -0.39 is 17.4 Å². The number of esters is 2. The van der Waals surface area contributed by atoms with Gasteiger partial charge in [0.2, 0.25) is 0 Å². The smallest absolute Gasteiger partial charge is 0.324 e. The number of ether oxygens (including phenoxy) is 2. The van der Waals surface area contributed by atoms with Crippen molar-refractivity contribution in [3.05, 3.63) is 11.1 Å².